The van der Waals surface area contributed by atoms with Crippen LogP contribution in [-0.4, -0.2) is 20.7 Å². The van der Waals surface area contributed by atoms with E-state index in [1.807, 2.05) is 13.1 Å². The van der Waals surface area contributed by atoms with Crippen LogP contribution in [0, 0.1) is 0 Å². The Kier molecular flexibility index (Phi) is 6.63. The fraction of sp³-hybridized carbons (Fsp3) is 0.400. The second-order valence-corrected chi connectivity index (χ2v) is 6.11. The second-order valence-electron chi connectivity index (χ2n) is 6.11. The topological polar surface area (TPSA) is 33.3 Å². The van der Waals surface area contributed by atoms with Crippen LogP contribution in [0.25, 0.3) is 0 Å². The Bertz CT molecular complexity index is 596. The lowest BCUT2D eigenvalue weighted by Gasteiger charge is -2.18. The third-order valence-electron chi connectivity index (χ3n) is 4.19. The maximum atomic E-state index is 5.49. The zero-order valence-electron chi connectivity index (χ0n) is 14.6. The Morgan fingerprint density at radius 3 is 2.35 bits per heavy atom. The molecule has 0 amide bonds. The van der Waals surface area contributed by atoms with E-state index in [0.29, 0.717) is 12.0 Å². The van der Waals surface area contributed by atoms with E-state index < -0.39 is 0 Å². The molecule has 0 saturated carbocycles. The molecule has 0 aliphatic heterocycles. The van der Waals surface area contributed by atoms with E-state index in [1.54, 1.807) is 7.11 Å². The summed E-state index contributed by atoms with van der Waals surface area (Å²) < 4.78 is 5.49. The summed E-state index contributed by atoms with van der Waals surface area (Å²) in [5.74, 6) is 1.47. The molecular weight excluding hydrogens is 284 g/mol. The van der Waals surface area contributed by atoms with Crippen LogP contribution in [0.3, 0.4) is 0 Å². The number of likely N-dealkylation sites (N-methyl/N-ethyl adjacent to an activating group) is 1. The van der Waals surface area contributed by atoms with E-state index in [1.165, 1.54) is 16.7 Å². The third-order valence-corrected chi connectivity index (χ3v) is 4.19. The third kappa shape index (κ3) is 4.81. The van der Waals surface area contributed by atoms with Crippen LogP contribution in [0.4, 0.5) is 0 Å². The molecule has 0 heterocycles. The first-order valence-electron chi connectivity index (χ1n) is 8.25. The summed E-state index contributed by atoms with van der Waals surface area (Å²) in [6.07, 6.45) is 0. The van der Waals surface area contributed by atoms with Gasteiger partial charge >= 0.3 is 0 Å². The minimum Gasteiger partial charge on any atom is -0.496 e. The fourth-order valence-corrected chi connectivity index (χ4v) is 2.72. The average Bonchev–Trinajstić information content (AvgIpc) is 2.59. The average molecular weight is 312 g/mol. The molecule has 2 N–H and O–H groups in total. The van der Waals surface area contributed by atoms with Gasteiger partial charge in [-0.25, -0.2) is 0 Å². The molecule has 0 aliphatic rings. The molecule has 0 saturated heterocycles. The fourth-order valence-electron chi connectivity index (χ4n) is 2.72. The van der Waals surface area contributed by atoms with Crippen LogP contribution >= 0.6 is 0 Å². The maximum absolute atomic E-state index is 5.49. The monoisotopic (exact) mass is 312 g/mol. The first kappa shape index (κ1) is 17.5. The van der Waals surface area contributed by atoms with Gasteiger partial charge in [0.05, 0.1) is 7.11 Å². The smallest absolute Gasteiger partial charge is 0.123 e. The Hall–Kier alpha value is -1.84. The van der Waals surface area contributed by atoms with Crippen molar-refractivity contribution in [3.05, 3.63) is 65.2 Å². The number of hydrogen-bond donors (Lipinski definition) is 2. The Labute approximate surface area is 140 Å². The van der Waals surface area contributed by atoms with Gasteiger partial charge in [-0.2, -0.15) is 0 Å². The Morgan fingerprint density at radius 2 is 1.74 bits per heavy atom. The van der Waals surface area contributed by atoms with Crippen LogP contribution in [0.15, 0.2) is 48.5 Å². The zero-order valence-corrected chi connectivity index (χ0v) is 14.6. The lowest BCUT2D eigenvalue weighted by molar-refractivity contribution is 0.406. The van der Waals surface area contributed by atoms with Gasteiger partial charge in [0.2, 0.25) is 0 Å². The predicted octanol–water partition coefficient (Wildman–Crippen LogP) is 3.87. The molecule has 1 atom stereocenters. The SMILES string of the molecule is CNC(CNCc1cc(C(C)C)ccc1OC)c1ccccc1. The molecule has 3 nitrogen and oxygen atoms in total. The van der Waals surface area contributed by atoms with Crippen LogP contribution < -0.4 is 15.4 Å². The molecule has 0 spiro atoms. The second kappa shape index (κ2) is 8.70. The Balaban J connectivity index is 2.01. The van der Waals surface area contributed by atoms with Crippen molar-refractivity contribution in [2.24, 2.45) is 0 Å². The predicted molar refractivity (Wildman–Crippen MR) is 97.0 cm³/mol. The van der Waals surface area contributed by atoms with Crippen molar-refractivity contribution >= 4 is 0 Å². The molecule has 3 heteroatoms. The summed E-state index contributed by atoms with van der Waals surface area (Å²) in [7, 11) is 3.73. The van der Waals surface area contributed by atoms with Crippen LogP contribution in [0.2, 0.25) is 0 Å². The summed E-state index contributed by atoms with van der Waals surface area (Å²) in [5, 5.41) is 6.92. The van der Waals surface area contributed by atoms with Crippen molar-refractivity contribution in [2.45, 2.75) is 32.4 Å². The summed E-state index contributed by atoms with van der Waals surface area (Å²) in [4.78, 5) is 0. The first-order chi connectivity index (χ1) is 11.2. The van der Waals surface area contributed by atoms with Gasteiger partial charge in [-0.1, -0.05) is 56.3 Å². The molecule has 124 valence electrons. The highest BCUT2D eigenvalue weighted by atomic mass is 16.5. The highest BCUT2D eigenvalue weighted by Crippen LogP contribution is 2.24. The van der Waals surface area contributed by atoms with Crippen LogP contribution in [0.1, 0.15) is 42.5 Å². The molecule has 2 rings (SSSR count). The van der Waals surface area contributed by atoms with Crippen LogP contribution in [0.5, 0.6) is 5.75 Å². The summed E-state index contributed by atoms with van der Waals surface area (Å²) in [6, 6.07) is 17.3. The van der Waals surface area contributed by atoms with E-state index >= 15 is 0 Å². The van der Waals surface area contributed by atoms with Gasteiger partial charge in [0.25, 0.3) is 0 Å². The molecule has 2 aromatic carbocycles. The van der Waals surface area contributed by atoms with Crippen molar-refractivity contribution < 1.29 is 4.74 Å². The Morgan fingerprint density at radius 1 is 1.00 bits per heavy atom. The number of benzene rings is 2. The number of rotatable bonds is 8. The van der Waals surface area contributed by atoms with Gasteiger partial charge in [-0.05, 0) is 30.2 Å². The van der Waals surface area contributed by atoms with Crippen molar-refractivity contribution in [1.29, 1.82) is 0 Å². The summed E-state index contributed by atoms with van der Waals surface area (Å²) in [5.41, 5.74) is 3.85. The van der Waals surface area contributed by atoms with Gasteiger partial charge in [0.1, 0.15) is 5.75 Å². The molecule has 0 radical (unpaired) electrons. The minimum absolute atomic E-state index is 0.301. The number of methoxy groups -OCH3 is 1. The standard InChI is InChI=1S/C20H28N2O/c1-15(2)17-10-11-20(23-4)18(12-17)13-22-14-19(21-3)16-8-6-5-7-9-16/h5-12,15,19,21-22H,13-14H2,1-4H3. The molecule has 1 unspecified atom stereocenters. The number of nitrogens with one attached hydrogen (secondary N) is 2. The molecule has 0 bridgehead atoms. The first-order valence-corrected chi connectivity index (χ1v) is 8.25. The molecule has 0 aromatic heterocycles. The largest absolute Gasteiger partial charge is 0.496 e. The van der Waals surface area contributed by atoms with E-state index in [4.69, 9.17) is 4.74 Å². The van der Waals surface area contributed by atoms with E-state index in [2.05, 4.69) is 66.9 Å². The van der Waals surface area contributed by atoms with E-state index in [-0.39, 0.29) is 0 Å². The highest BCUT2D eigenvalue weighted by molar-refractivity contribution is 5.38. The summed E-state index contributed by atoms with van der Waals surface area (Å²) in [6.45, 7) is 6.10. The van der Waals surface area contributed by atoms with Crippen molar-refractivity contribution in [1.82, 2.24) is 10.6 Å². The normalized spacial score (nSPS) is 12.4. The van der Waals surface area contributed by atoms with Gasteiger partial charge in [-0.15, -0.1) is 0 Å². The van der Waals surface area contributed by atoms with Crippen molar-refractivity contribution in [2.75, 3.05) is 20.7 Å². The van der Waals surface area contributed by atoms with Gasteiger partial charge in [0.15, 0.2) is 0 Å². The summed E-state index contributed by atoms with van der Waals surface area (Å²) >= 11 is 0. The lowest BCUT2D eigenvalue weighted by Crippen LogP contribution is -2.29. The zero-order chi connectivity index (χ0) is 16.7. The molecule has 23 heavy (non-hydrogen) atoms. The lowest BCUT2D eigenvalue weighted by atomic mass is 10.00. The quantitative estimate of drug-likeness (QED) is 0.776. The van der Waals surface area contributed by atoms with Crippen LogP contribution in [-0.2, 0) is 6.54 Å². The maximum Gasteiger partial charge on any atom is 0.123 e. The molecule has 2 aromatic rings. The van der Waals surface area contributed by atoms with E-state index in [9.17, 15) is 0 Å². The van der Waals surface area contributed by atoms with Gasteiger partial charge < -0.3 is 15.4 Å². The molecule has 0 aliphatic carbocycles. The molecular formula is C20H28N2O. The molecule has 0 fully saturated rings. The van der Waals surface area contributed by atoms with Crippen molar-refractivity contribution in [3.8, 4) is 5.75 Å². The number of hydrogen-bond acceptors (Lipinski definition) is 3. The highest BCUT2D eigenvalue weighted by Gasteiger charge is 2.10. The van der Waals surface area contributed by atoms with Gasteiger partial charge in [0, 0.05) is 24.7 Å². The van der Waals surface area contributed by atoms with Gasteiger partial charge in [-0.3, -0.25) is 0 Å². The van der Waals surface area contributed by atoms with E-state index in [0.717, 1.165) is 18.8 Å². The number of ether oxygens (including phenoxy) is 1. The minimum atomic E-state index is 0.301. The van der Waals surface area contributed by atoms with Crippen molar-refractivity contribution in [3.63, 3.8) is 0 Å².